The zero-order chi connectivity index (χ0) is 13.5. The summed E-state index contributed by atoms with van der Waals surface area (Å²) in [6, 6.07) is 13.1. The Morgan fingerprint density at radius 1 is 1.00 bits per heavy atom. The monoisotopic (exact) mass is 276 g/mol. The van der Waals surface area contributed by atoms with Crippen molar-refractivity contribution in [3.63, 3.8) is 0 Å². The molecular weight excluding hydrogens is 264 g/mol. The molecule has 0 radical (unpaired) electrons. The molecule has 3 N–H and O–H groups in total. The van der Waals surface area contributed by atoms with Gasteiger partial charge in [0.15, 0.2) is 0 Å². The molecule has 2 aromatic carbocycles. The normalized spacial score (nSPS) is 20.3. The van der Waals surface area contributed by atoms with Crippen LogP contribution in [0.4, 0.5) is 5.69 Å². The van der Waals surface area contributed by atoms with Gasteiger partial charge in [0, 0.05) is 0 Å². The van der Waals surface area contributed by atoms with Gasteiger partial charge in [-0.15, -0.1) is 0 Å². The number of phenols is 1. The van der Waals surface area contributed by atoms with E-state index in [-0.39, 0.29) is 10.6 Å². The number of aromatic hydroxyl groups is 1. The molecule has 1 heterocycles. The quantitative estimate of drug-likeness (QED) is 0.742. The van der Waals surface area contributed by atoms with Crippen LogP contribution in [0.2, 0.25) is 0 Å². The standard InChI is InChI=1S/C13H12N2O3S/c16-10-7-5-9(6-8-10)13-14-11-3-1-2-4-12(11)19(17,18)15-13/h1-8,13-16H/t13-/m1/s1. The van der Waals surface area contributed by atoms with Crippen molar-refractivity contribution in [1.82, 2.24) is 4.72 Å². The molecule has 2 aromatic rings. The minimum Gasteiger partial charge on any atom is -0.508 e. The molecule has 0 aliphatic carbocycles. The summed E-state index contributed by atoms with van der Waals surface area (Å²) >= 11 is 0. The lowest BCUT2D eigenvalue weighted by Gasteiger charge is -2.28. The van der Waals surface area contributed by atoms with E-state index in [0.29, 0.717) is 5.69 Å². The van der Waals surface area contributed by atoms with Crippen LogP contribution < -0.4 is 10.0 Å². The van der Waals surface area contributed by atoms with Gasteiger partial charge in [-0.25, -0.2) is 8.42 Å². The van der Waals surface area contributed by atoms with E-state index < -0.39 is 16.2 Å². The molecule has 0 saturated carbocycles. The molecule has 0 spiro atoms. The smallest absolute Gasteiger partial charge is 0.244 e. The molecule has 0 saturated heterocycles. The van der Waals surface area contributed by atoms with Crippen molar-refractivity contribution in [3.05, 3.63) is 54.1 Å². The van der Waals surface area contributed by atoms with Gasteiger partial charge in [-0.05, 0) is 29.8 Å². The van der Waals surface area contributed by atoms with Gasteiger partial charge in [-0.3, -0.25) is 0 Å². The average molecular weight is 276 g/mol. The minimum atomic E-state index is -3.52. The molecule has 0 aromatic heterocycles. The van der Waals surface area contributed by atoms with Gasteiger partial charge in [-0.1, -0.05) is 24.3 Å². The van der Waals surface area contributed by atoms with Crippen LogP contribution in [0.25, 0.3) is 0 Å². The lowest BCUT2D eigenvalue weighted by molar-refractivity contribution is 0.475. The first-order valence-corrected chi connectivity index (χ1v) is 7.21. The molecule has 0 amide bonds. The second kappa shape index (κ2) is 4.25. The highest BCUT2D eigenvalue weighted by atomic mass is 32.2. The second-order valence-electron chi connectivity index (χ2n) is 4.29. The minimum absolute atomic E-state index is 0.141. The third kappa shape index (κ3) is 2.16. The molecule has 6 heteroatoms. The van der Waals surface area contributed by atoms with Crippen LogP contribution >= 0.6 is 0 Å². The molecule has 0 unspecified atom stereocenters. The number of para-hydroxylation sites is 1. The Morgan fingerprint density at radius 2 is 1.68 bits per heavy atom. The molecule has 3 rings (SSSR count). The number of hydrogen-bond acceptors (Lipinski definition) is 4. The Bertz CT molecular complexity index is 711. The summed E-state index contributed by atoms with van der Waals surface area (Å²) in [4.78, 5) is 0.241. The Morgan fingerprint density at radius 3 is 2.42 bits per heavy atom. The van der Waals surface area contributed by atoms with Crippen LogP contribution in [0.3, 0.4) is 0 Å². The predicted molar refractivity (Wildman–Crippen MR) is 71.2 cm³/mol. The zero-order valence-corrected chi connectivity index (χ0v) is 10.7. The van der Waals surface area contributed by atoms with E-state index in [9.17, 15) is 13.5 Å². The van der Waals surface area contributed by atoms with E-state index in [4.69, 9.17) is 0 Å². The number of anilines is 1. The van der Waals surface area contributed by atoms with Crippen molar-refractivity contribution in [2.24, 2.45) is 0 Å². The Hall–Kier alpha value is -2.05. The summed E-state index contributed by atoms with van der Waals surface area (Å²) < 4.78 is 26.8. The number of hydrogen-bond donors (Lipinski definition) is 3. The number of rotatable bonds is 1. The van der Waals surface area contributed by atoms with Crippen LogP contribution in [0.15, 0.2) is 53.4 Å². The molecule has 0 bridgehead atoms. The number of sulfonamides is 1. The maximum Gasteiger partial charge on any atom is 0.244 e. The largest absolute Gasteiger partial charge is 0.508 e. The van der Waals surface area contributed by atoms with Crippen LogP contribution in [0.5, 0.6) is 5.75 Å². The van der Waals surface area contributed by atoms with Crippen molar-refractivity contribution >= 4 is 15.7 Å². The van der Waals surface area contributed by atoms with Crippen molar-refractivity contribution in [2.45, 2.75) is 11.1 Å². The lowest BCUT2D eigenvalue weighted by Crippen LogP contribution is -2.38. The number of benzene rings is 2. The molecule has 1 aliphatic heterocycles. The van der Waals surface area contributed by atoms with Crippen LogP contribution in [-0.4, -0.2) is 13.5 Å². The van der Waals surface area contributed by atoms with Gasteiger partial charge >= 0.3 is 0 Å². The molecule has 0 fully saturated rings. The fraction of sp³-hybridized carbons (Fsp3) is 0.0769. The van der Waals surface area contributed by atoms with Crippen LogP contribution in [-0.2, 0) is 10.0 Å². The van der Waals surface area contributed by atoms with Gasteiger partial charge in [0.1, 0.15) is 16.8 Å². The fourth-order valence-electron chi connectivity index (χ4n) is 2.04. The number of phenolic OH excluding ortho intramolecular Hbond substituents is 1. The van der Waals surface area contributed by atoms with Gasteiger partial charge in [0.25, 0.3) is 0 Å². The summed E-state index contributed by atoms with van der Waals surface area (Å²) in [5.41, 5.74) is 1.30. The lowest BCUT2D eigenvalue weighted by atomic mass is 10.1. The zero-order valence-electron chi connectivity index (χ0n) is 9.87. The SMILES string of the molecule is O=S1(=O)N[C@H](c2ccc(O)cc2)Nc2ccccc21. The van der Waals surface area contributed by atoms with E-state index in [1.165, 1.54) is 12.1 Å². The maximum absolute atomic E-state index is 12.1. The summed E-state index contributed by atoms with van der Waals surface area (Å²) in [7, 11) is -3.52. The molecule has 19 heavy (non-hydrogen) atoms. The van der Waals surface area contributed by atoms with E-state index in [1.54, 1.807) is 36.4 Å². The highest BCUT2D eigenvalue weighted by molar-refractivity contribution is 7.89. The Balaban J connectivity index is 2.03. The van der Waals surface area contributed by atoms with Crippen molar-refractivity contribution in [2.75, 3.05) is 5.32 Å². The summed E-state index contributed by atoms with van der Waals surface area (Å²) in [6.07, 6.45) is -0.541. The highest BCUT2D eigenvalue weighted by Gasteiger charge is 2.29. The molecule has 1 atom stereocenters. The molecular formula is C13H12N2O3S. The number of nitrogens with one attached hydrogen (secondary N) is 2. The van der Waals surface area contributed by atoms with E-state index >= 15 is 0 Å². The van der Waals surface area contributed by atoms with Gasteiger partial charge < -0.3 is 10.4 Å². The Labute approximate surface area is 111 Å². The van der Waals surface area contributed by atoms with E-state index in [1.807, 2.05) is 0 Å². The van der Waals surface area contributed by atoms with E-state index in [2.05, 4.69) is 10.0 Å². The highest BCUT2D eigenvalue weighted by Crippen LogP contribution is 2.30. The number of fused-ring (bicyclic) bond motifs is 1. The summed E-state index contributed by atoms with van der Waals surface area (Å²) in [5.74, 6) is 0.141. The van der Waals surface area contributed by atoms with Crippen molar-refractivity contribution in [1.29, 1.82) is 0 Å². The second-order valence-corrected chi connectivity index (χ2v) is 5.97. The van der Waals surface area contributed by atoms with Gasteiger partial charge in [-0.2, -0.15) is 4.72 Å². The topological polar surface area (TPSA) is 78.4 Å². The fourth-order valence-corrected chi connectivity index (χ4v) is 3.35. The van der Waals surface area contributed by atoms with E-state index in [0.717, 1.165) is 5.56 Å². The molecule has 98 valence electrons. The Kier molecular flexibility index (Phi) is 2.69. The third-order valence-electron chi connectivity index (χ3n) is 2.98. The molecule has 1 aliphatic rings. The van der Waals surface area contributed by atoms with Crippen molar-refractivity contribution in [3.8, 4) is 5.75 Å². The summed E-state index contributed by atoms with van der Waals surface area (Å²) in [6.45, 7) is 0. The first kappa shape index (κ1) is 12.0. The maximum atomic E-state index is 12.1. The van der Waals surface area contributed by atoms with Gasteiger partial charge in [0.05, 0.1) is 5.69 Å². The molecule has 5 nitrogen and oxygen atoms in total. The predicted octanol–water partition coefficient (Wildman–Crippen LogP) is 1.79. The van der Waals surface area contributed by atoms with Gasteiger partial charge in [0.2, 0.25) is 10.0 Å². The third-order valence-corrected chi connectivity index (χ3v) is 4.46. The first-order valence-electron chi connectivity index (χ1n) is 5.73. The van der Waals surface area contributed by atoms with Crippen LogP contribution in [0, 0.1) is 0 Å². The summed E-state index contributed by atoms with van der Waals surface area (Å²) in [5, 5.41) is 12.4. The van der Waals surface area contributed by atoms with Crippen molar-refractivity contribution < 1.29 is 13.5 Å². The first-order chi connectivity index (χ1) is 9.06. The van der Waals surface area contributed by atoms with Crippen LogP contribution in [0.1, 0.15) is 11.7 Å². The average Bonchev–Trinajstić information content (AvgIpc) is 2.39.